The normalized spacial score (nSPS) is 10.2. The standard InChI is InChI=1S/C14H12FNO4/c1-19-13(17)9-7-11(14(18)20-2)16-12(9)8-5-3-4-6-10(8)15/h3-7,16H,1-2H3. The average Bonchev–Trinajstić information content (AvgIpc) is 2.91. The third kappa shape index (κ3) is 2.40. The molecule has 1 aromatic heterocycles. The molecule has 0 fully saturated rings. The molecule has 2 aromatic rings. The number of esters is 2. The molecule has 0 radical (unpaired) electrons. The molecule has 0 amide bonds. The molecule has 20 heavy (non-hydrogen) atoms. The van der Waals surface area contributed by atoms with Crippen molar-refractivity contribution in [2.75, 3.05) is 14.2 Å². The summed E-state index contributed by atoms with van der Waals surface area (Å²) in [4.78, 5) is 25.9. The molecule has 0 aliphatic carbocycles. The van der Waals surface area contributed by atoms with Crippen LogP contribution in [0, 0.1) is 5.82 Å². The molecule has 0 saturated heterocycles. The Morgan fingerprint density at radius 1 is 1.10 bits per heavy atom. The highest BCUT2D eigenvalue weighted by Gasteiger charge is 2.22. The van der Waals surface area contributed by atoms with Crippen LogP contribution >= 0.6 is 0 Å². The lowest BCUT2D eigenvalue weighted by Crippen LogP contribution is -2.02. The van der Waals surface area contributed by atoms with Crippen molar-refractivity contribution in [1.29, 1.82) is 0 Å². The van der Waals surface area contributed by atoms with E-state index in [9.17, 15) is 14.0 Å². The summed E-state index contributed by atoms with van der Waals surface area (Å²) < 4.78 is 23.0. The van der Waals surface area contributed by atoms with E-state index < -0.39 is 17.8 Å². The quantitative estimate of drug-likeness (QED) is 0.875. The van der Waals surface area contributed by atoms with Crippen molar-refractivity contribution in [3.63, 3.8) is 0 Å². The van der Waals surface area contributed by atoms with Gasteiger partial charge in [0, 0.05) is 5.56 Å². The molecular weight excluding hydrogens is 265 g/mol. The van der Waals surface area contributed by atoms with Gasteiger partial charge >= 0.3 is 11.9 Å². The van der Waals surface area contributed by atoms with Crippen LogP contribution in [-0.2, 0) is 9.47 Å². The number of halogens is 1. The van der Waals surface area contributed by atoms with Gasteiger partial charge in [0.1, 0.15) is 11.5 Å². The number of aromatic amines is 1. The van der Waals surface area contributed by atoms with E-state index in [1.807, 2.05) is 0 Å². The zero-order chi connectivity index (χ0) is 14.7. The van der Waals surface area contributed by atoms with E-state index in [2.05, 4.69) is 14.5 Å². The molecule has 1 heterocycles. The van der Waals surface area contributed by atoms with Crippen molar-refractivity contribution in [3.05, 3.63) is 47.4 Å². The number of hydrogen-bond acceptors (Lipinski definition) is 4. The first kappa shape index (κ1) is 13.8. The van der Waals surface area contributed by atoms with E-state index in [-0.39, 0.29) is 22.5 Å². The van der Waals surface area contributed by atoms with E-state index in [0.29, 0.717) is 0 Å². The van der Waals surface area contributed by atoms with Crippen molar-refractivity contribution in [1.82, 2.24) is 4.98 Å². The lowest BCUT2D eigenvalue weighted by atomic mass is 10.1. The van der Waals surface area contributed by atoms with Crippen molar-refractivity contribution in [2.24, 2.45) is 0 Å². The number of methoxy groups -OCH3 is 2. The average molecular weight is 277 g/mol. The van der Waals surface area contributed by atoms with E-state index in [0.717, 1.165) is 0 Å². The molecule has 0 spiro atoms. The van der Waals surface area contributed by atoms with Gasteiger partial charge < -0.3 is 14.5 Å². The van der Waals surface area contributed by atoms with Crippen molar-refractivity contribution in [2.45, 2.75) is 0 Å². The molecule has 0 saturated carbocycles. The third-order valence-electron chi connectivity index (χ3n) is 2.77. The first-order valence-electron chi connectivity index (χ1n) is 5.73. The molecule has 0 aliphatic rings. The Labute approximate surface area is 114 Å². The Hall–Kier alpha value is -2.63. The summed E-state index contributed by atoms with van der Waals surface area (Å²) in [5, 5.41) is 0. The second-order valence-corrected chi connectivity index (χ2v) is 3.93. The third-order valence-corrected chi connectivity index (χ3v) is 2.77. The monoisotopic (exact) mass is 277 g/mol. The van der Waals surface area contributed by atoms with Crippen molar-refractivity contribution < 1.29 is 23.5 Å². The van der Waals surface area contributed by atoms with Gasteiger partial charge in [0.2, 0.25) is 0 Å². The minimum atomic E-state index is -0.672. The zero-order valence-corrected chi connectivity index (χ0v) is 10.9. The van der Waals surface area contributed by atoms with E-state index in [1.165, 1.54) is 38.5 Å². The first-order chi connectivity index (χ1) is 9.58. The number of aromatic nitrogens is 1. The molecule has 0 aliphatic heterocycles. The zero-order valence-electron chi connectivity index (χ0n) is 10.9. The fraction of sp³-hybridized carbons (Fsp3) is 0.143. The van der Waals surface area contributed by atoms with Crippen LogP contribution < -0.4 is 0 Å². The molecule has 0 bridgehead atoms. The molecular formula is C14H12FNO4. The number of rotatable bonds is 3. The Morgan fingerprint density at radius 2 is 1.75 bits per heavy atom. The number of carbonyl (C=O) groups excluding carboxylic acids is 2. The van der Waals surface area contributed by atoms with Gasteiger partial charge in [-0.05, 0) is 18.2 Å². The largest absolute Gasteiger partial charge is 0.465 e. The second-order valence-electron chi connectivity index (χ2n) is 3.93. The van der Waals surface area contributed by atoms with Crippen molar-refractivity contribution >= 4 is 11.9 Å². The van der Waals surface area contributed by atoms with Crippen LogP contribution in [0.25, 0.3) is 11.3 Å². The van der Waals surface area contributed by atoms with Gasteiger partial charge in [-0.3, -0.25) is 0 Å². The Bertz CT molecular complexity index is 663. The SMILES string of the molecule is COC(=O)c1cc(C(=O)OC)c(-c2ccccc2F)[nH]1. The van der Waals surface area contributed by atoms with Gasteiger partial charge in [-0.1, -0.05) is 12.1 Å². The first-order valence-corrected chi connectivity index (χ1v) is 5.73. The van der Waals surface area contributed by atoms with Crippen LogP contribution in [-0.4, -0.2) is 31.1 Å². The van der Waals surface area contributed by atoms with E-state index in [4.69, 9.17) is 0 Å². The molecule has 0 unspecified atom stereocenters. The van der Waals surface area contributed by atoms with Gasteiger partial charge in [0.15, 0.2) is 0 Å². The van der Waals surface area contributed by atoms with Crippen LogP contribution in [0.4, 0.5) is 4.39 Å². The number of carbonyl (C=O) groups is 2. The van der Waals surface area contributed by atoms with Crippen LogP contribution in [0.3, 0.4) is 0 Å². The lowest BCUT2D eigenvalue weighted by molar-refractivity contribution is 0.0594. The number of ether oxygens (including phenoxy) is 2. The number of nitrogens with one attached hydrogen (secondary N) is 1. The number of hydrogen-bond donors (Lipinski definition) is 1. The van der Waals surface area contributed by atoms with E-state index >= 15 is 0 Å². The summed E-state index contributed by atoms with van der Waals surface area (Å²) in [5.74, 6) is -1.84. The molecule has 1 N–H and O–H groups in total. The molecule has 2 rings (SSSR count). The minimum absolute atomic E-state index is 0.0474. The Morgan fingerprint density at radius 3 is 2.35 bits per heavy atom. The van der Waals surface area contributed by atoms with Crippen molar-refractivity contribution in [3.8, 4) is 11.3 Å². The highest BCUT2D eigenvalue weighted by atomic mass is 19.1. The summed E-state index contributed by atoms with van der Waals surface area (Å²) >= 11 is 0. The molecule has 5 nitrogen and oxygen atoms in total. The molecule has 6 heteroatoms. The fourth-order valence-electron chi connectivity index (χ4n) is 1.82. The Kier molecular flexibility index (Phi) is 3.84. The lowest BCUT2D eigenvalue weighted by Gasteiger charge is -2.03. The fourth-order valence-corrected chi connectivity index (χ4v) is 1.82. The molecule has 104 valence electrons. The number of H-pyrrole nitrogens is 1. The van der Waals surface area contributed by atoms with Gasteiger partial charge in [-0.15, -0.1) is 0 Å². The van der Waals surface area contributed by atoms with E-state index in [1.54, 1.807) is 6.07 Å². The second kappa shape index (κ2) is 5.56. The maximum Gasteiger partial charge on any atom is 0.354 e. The predicted molar refractivity (Wildman–Crippen MR) is 68.9 cm³/mol. The molecule has 1 aromatic carbocycles. The van der Waals surface area contributed by atoms with Gasteiger partial charge in [-0.25, -0.2) is 14.0 Å². The van der Waals surface area contributed by atoms with Crippen LogP contribution in [0.1, 0.15) is 20.8 Å². The molecule has 0 atom stereocenters. The minimum Gasteiger partial charge on any atom is -0.465 e. The highest BCUT2D eigenvalue weighted by Crippen LogP contribution is 2.27. The summed E-state index contributed by atoms with van der Waals surface area (Å²) in [6, 6.07) is 7.18. The number of benzene rings is 1. The van der Waals surface area contributed by atoms with Crippen LogP contribution in [0.5, 0.6) is 0 Å². The Balaban J connectivity index is 2.62. The summed E-state index contributed by atoms with van der Waals surface area (Å²) in [6.07, 6.45) is 0. The summed E-state index contributed by atoms with van der Waals surface area (Å²) in [6.45, 7) is 0. The maximum absolute atomic E-state index is 13.8. The van der Waals surface area contributed by atoms with Gasteiger partial charge in [-0.2, -0.15) is 0 Å². The predicted octanol–water partition coefficient (Wildman–Crippen LogP) is 2.39. The summed E-state index contributed by atoms with van der Waals surface area (Å²) in [7, 11) is 2.42. The van der Waals surface area contributed by atoms with Gasteiger partial charge in [0.05, 0.1) is 25.5 Å². The smallest absolute Gasteiger partial charge is 0.354 e. The van der Waals surface area contributed by atoms with Gasteiger partial charge in [0.25, 0.3) is 0 Å². The highest BCUT2D eigenvalue weighted by molar-refractivity contribution is 6.00. The summed E-state index contributed by atoms with van der Waals surface area (Å²) in [5.41, 5.74) is 0.461. The maximum atomic E-state index is 13.8. The van der Waals surface area contributed by atoms with Crippen LogP contribution in [0.2, 0.25) is 0 Å². The van der Waals surface area contributed by atoms with Crippen LogP contribution in [0.15, 0.2) is 30.3 Å². The topological polar surface area (TPSA) is 68.4 Å².